The van der Waals surface area contributed by atoms with Crippen molar-refractivity contribution in [1.82, 2.24) is 29.1 Å². The first-order chi connectivity index (χ1) is 21.3. The van der Waals surface area contributed by atoms with Crippen LogP contribution in [0, 0.1) is 6.92 Å². The van der Waals surface area contributed by atoms with E-state index in [1.807, 2.05) is 11.8 Å². The number of aromatic nitrogens is 3. The van der Waals surface area contributed by atoms with Crippen molar-refractivity contribution in [2.75, 3.05) is 51.3 Å². The number of alkyl halides is 3. The van der Waals surface area contributed by atoms with Gasteiger partial charge in [0.25, 0.3) is 5.91 Å². The number of hydrogen-bond acceptors (Lipinski definition) is 9. The average molecular weight is 654 g/mol. The zero-order valence-electron chi connectivity index (χ0n) is 26.0. The molecule has 3 fully saturated rings. The van der Waals surface area contributed by atoms with Crippen LogP contribution in [0.2, 0.25) is 0 Å². The zero-order valence-corrected chi connectivity index (χ0v) is 26.8. The minimum absolute atomic E-state index is 0.0314. The molecule has 3 saturated heterocycles. The van der Waals surface area contributed by atoms with Gasteiger partial charge in [0.15, 0.2) is 0 Å². The summed E-state index contributed by atoms with van der Waals surface area (Å²) in [5.74, 6) is 0.417. The second-order valence-electron chi connectivity index (χ2n) is 12.3. The van der Waals surface area contributed by atoms with Crippen molar-refractivity contribution in [2.24, 2.45) is 0 Å². The third kappa shape index (κ3) is 8.10. The van der Waals surface area contributed by atoms with E-state index in [-0.39, 0.29) is 24.2 Å². The van der Waals surface area contributed by atoms with Gasteiger partial charge in [-0.1, -0.05) is 6.07 Å². The van der Waals surface area contributed by atoms with Crippen LogP contribution < -0.4 is 5.32 Å². The lowest BCUT2D eigenvalue weighted by Crippen LogP contribution is -2.52. The van der Waals surface area contributed by atoms with Gasteiger partial charge in [-0.05, 0) is 76.6 Å². The molecular weight excluding hydrogens is 611 g/mol. The Morgan fingerprint density at radius 1 is 1.04 bits per heavy atom. The molecule has 1 amide bonds. The smallest absolute Gasteiger partial charge is 0.368 e. The molecule has 3 aliphatic heterocycles. The molecule has 5 heterocycles. The highest BCUT2D eigenvalue weighted by molar-refractivity contribution is 7.88. The Balaban J connectivity index is 1.11. The maximum atomic E-state index is 13.5. The number of ether oxygens (including phenoxy) is 1. The number of carbonyl (C=O) groups is 1. The molecule has 0 saturated carbocycles. The van der Waals surface area contributed by atoms with Gasteiger partial charge in [0, 0.05) is 50.5 Å². The molecule has 1 unspecified atom stereocenters. The number of nitrogens with zero attached hydrogens (tertiary/aromatic N) is 6. The topological polar surface area (TPSA) is 121 Å². The van der Waals surface area contributed by atoms with Gasteiger partial charge in [-0.15, -0.1) is 0 Å². The molecule has 1 N–H and O–H groups in total. The van der Waals surface area contributed by atoms with E-state index in [9.17, 15) is 26.4 Å². The van der Waals surface area contributed by atoms with Crippen molar-refractivity contribution in [3.8, 4) is 0 Å². The minimum Gasteiger partial charge on any atom is -0.368 e. The number of likely N-dealkylation sites (tertiary alicyclic amines) is 2. The molecule has 2 aromatic rings. The van der Waals surface area contributed by atoms with Crippen LogP contribution in [0.5, 0.6) is 0 Å². The van der Waals surface area contributed by atoms with Crippen LogP contribution in [-0.2, 0) is 20.9 Å². The minimum atomic E-state index is -4.48. The van der Waals surface area contributed by atoms with Crippen LogP contribution in [0.1, 0.15) is 78.4 Å². The quantitative estimate of drug-likeness (QED) is 0.453. The lowest BCUT2D eigenvalue weighted by atomic mass is 9.97. The molecule has 0 spiro atoms. The molecule has 3 aliphatic rings. The van der Waals surface area contributed by atoms with E-state index in [0.717, 1.165) is 57.7 Å². The Morgan fingerprint density at radius 3 is 2.38 bits per heavy atom. The van der Waals surface area contributed by atoms with Gasteiger partial charge in [0.1, 0.15) is 23.5 Å². The van der Waals surface area contributed by atoms with E-state index < -0.39 is 21.9 Å². The summed E-state index contributed by atoms with van der Waals surface area (Å²) in [6, 6.07) is 2.80. The van der Waals surface area contributed by atoms with Crippen molar-refractivity contribution in [1.29, 1.82) is 0 Å². The van der Waals surface area contributed by atoms with Crippen LogP contribution in [-0.4, -0.2) is 108 Å². The van der Waals surface area contributed by atoms with Crippen molar-refractivity contribution in [2.45, 2.75) is 82.3 Å². The number of rotatable bonds is 8. The SMILES string of the molecule is Cc1c(NCC2CCC[C@@H](c3ccc(C(F)(F)F)nc3)O2)ncnc1C(=O)N1CCC(N2CCC(N(C)S(C)(=O)=O)CC2)CC1. The highest BCUT2D eigenvalue weighted by Crippen LogP contribution is 2.33. The van der Waals surface area contributed by atoms with E-state index in [2.05, 4.69) is 25.2 Å². The van der Waals surface area contributed by atoms with Gasteiger partial charge in [-0.25, -0.2) is 22.7 Å². The summed E-state index contributed by atoms with van der Waals surface area (Å²) < 4.78 is 70.2. The molecule has 0 aliphatic carbocycles. The second-order valence-corrected chi connectivity index (χ2v) is 14.3. The molecule has 0 aromatic carbocycles. The van der Waals surface area contributed by atoms with Crippen molar-refractivity contribution in [3.63, 3.8) is 0 Å². The Labute approximate surface area is 262 Å². The number of anilines is 1. The first kappa shape index (κ1) is 33.5. The van der Waals surface area contributed by atoms with E-state index in [4.69, 9.17) is 4.74 Å². The van der Waals surface area contributed by atoms with Crippen molar-refractivity contribution in [3.05, 3.63) is 47.2 Å². The Bertz CT molecular complexity index is 1430. The van der Waals surface area contributed by atoms with Gasteiger partial charge >= 0.3 is 6.18 Å². The Kier molecular flexibility index (Phi) is 10.3. The molecule has 2 aromatic heterocycles. The largest absolute Gasteiger partial charge is 0.433 e. The molecule has 45 heavy (non-hydrogen) atoms. The normalized spacial score (nSPS) is 23.0. The monoisotopic (exact) mass is 653 g/mol. The van der Waals surface area contributed by atoms with Crippen molar-refractivity contribution >= 4 is 21.7 Å². The van der Waals surface area contributed by atoms with Gasteiger partial charge < -0.3 is 19.9 Å². The fourth-order valence-electron chi connectivity index (χ4n) is 6.58. The van der Waals surface area contributed by atoms with Crippen LogP contribution in [0.25, 0.3) is 0 Å². The summed E-state index contributed by atoms with van der Waals surface area (Å²) in [5, 5.41) is 3.29. The van der Waals surface area contributed by atoms with Crippen LogP contribution >= 0.6 is 0 Å². The number of piperidine rings is 2. The lowest BCUT2D eigenvalue weighted by Gasteiger charge is -2.43. The van der Waals surface area contributed by atoms with Crippen LogP contribution in [0.4, 0.5) is 19.0 Å². The summed E-state index contributed by atoms with van der Waals surface area (Å²) in [5.41, 5.74) is 0.701. The molecule has 0 bridgehead atoms. The van der Waals surface area contributed by atoms with E-state index in [1.165, 1.54) is 29.2 Å². The van der Waals surface area contributed by atoms with E-state index in [1.54, 1.807) is 7.05 Å². The third-order valence-corrected chi connectivity index (χ3v) is 10.7. The van der Waals surface area contributed by atoms with E-state index >= 15 is 0 Å². The van der Waals surface area contributed by atoms with Gasteiger partial charge in [-0.3, -0.25) is 9.78 Å². The molecule has 15 heteroatoms. The molecule has 2 atom stereocenters. The molecule has 5 rings (SSSR count). The number of sulfonamides is 1. The zero-order chi connectivity index (χ0) is 32.4. The van der Waals surface area contributed by atoms with Crippen LogP contribution in [0.15, 0.2) is 24.7 Å². The number of pyridine rings is 1. The summed E-state index contributed by atoms with van der Waals surface area (Å²) in [6.07, 6.45) is 4.50. The highest BCUT2D eigenvalue weighted by Gasteiger charge is 2.34. The summed E-state index contributed by atoms with van der Waals surface area (Å²) in [7, 11) is -1.55. The van der Waals surface area contributed by atoms with Crippen LogP contribution in [0.3, 0.4) is 0 Å². The predicted molar refractivity (Wildman–Crippen MR) is 162 cm³/mol. The highest BCUT2D eigenvalue weighted by atomic mass is 32.2. The predicted octanol–water partition coefficient (Wildman–Crippen LogP) is 3.88. The number of amides is 1. The summed E-state index contributed by atoms with van der Waals surface area (Å²) in [4.78, 5) is 30.0. The number of halogens is 3. The van der Waals surface area contributed by atoms with Gasteiger partial charge in [0.05, 0.1) is 18.5 Å². The number of nitrogens with one attached hydrogen (secondary N) is 1. The first-order valence-corrected chi connectivity index (χ1v) is 17.4. The van der Waals surface area contributed by atoms with Gasteiger partial charge in [0.2, 0.25) is 10.0 Å². The Morgan fingerprint density at radius 2 is 1.76 bits per heavy atom. The fraction of sp³-hybridized carbons (Fsp3) is 0.667. The molecule has 11 nitrogen and oxygen atoms in total. The summed E-state index contributed by atoms with van der Waals surface area (Å²) >= 11 is 0. The number of hydrogen-bond donors (Lipinski definition) is 1. The maximum Gasteiger partial charge on any atom is 0.433 e. The first-order valence-electron chi connectivity index (χ1n) is 15.5. The fourth-order valence-corrected chi connectivity index (χ4v) is 7.33. The number of carbonyl (C=O) groups excluding carboxylic acids is 1. The third-order valence-electron chi connectivity index (χ3n) is 9.39. The molecular formula is C30H42F3N7O4S. The van der Waals surface area contributed by atoms with Gasteiger partial charge in [-0.2, -0.15) is 13.2 Å². The average Bonchev–Trinajstić information content (AvgIpc) is 3.03. The van der Waals surface area contributed by atoms with E-state index in [0.29, 0.717) is 54.7 Å². The lowest BCUT2D eigenvalue weighted by molar-refractivity contribution is -0.141. The molecule has 248 valence electrons. The Hall–Kier alpha value is -2.88. The summed E-state index contributed by atoms with van der Waals surface area (Å²) in [6.45, 7) is 5.17. The maximum absolute atomic E-state index is 13.5. The standard InChI is InChI=1S/C30H42F3N7O4S/c1-20-27(29(41)40-15-11-23(12-16-40)39-13-9-22(10-14-39)38(2)45(3,42)43)36-19-37-28(20)35-18-24-5-4-6-25(44-24)21-7-8-26(34-17-21)30(31,32)33/h7-8,17,19,22-25H,4-6,9-16,18H2,1-3H3,(H,35,36,37)/t24?,25-/m0/s1. The second kappa shape index (κ2) is 13.9. The van der Waals surface area contributed by atoms with Crippen molar-refractivity contribution < 1.29 is 31.1 Å². The molecule has 0 radical (unpaired) electrons.